The number of rotatable bonds is 3. The summed E-state index contributed by atoms with van der Waals surface area (Å²) in [7, 11) is 0. The number of morpholine rings is 1. The molecule has 7 nitrogen and oxygen atoms in total. The van der Waals surface area contributed by atoms with Crippen molar-refractivity contribution in [1.82, 2.24) is 0 Å². The summed E-state index contributed by atoms with van der Waals surface area (Å²) in [5.41, 5.74) is 0.429. The number of nitrogens with zero attached hydrogens (tertiary/aromatic N) is 3. The molecule has 1 fully saturated rings. The minimum atomic E-state index is -0.573. The molecular formula is C12H13N3O4. The first kappa shape index (κ1) is 13.3. The van der Waals surface area contributed by atoms with E-state index in [2.05, 4.69) is 0 Å². The van der Waals surface area contributed by atoms with Gasteiger partial charge < -0.3 is 14.7 Å². The lowest BCUT2D eigenvalue weighted by Gasteiger charge is -2.36. The average molecular weight is 263 g/mol. The standard InChI is InChI=1S/C12H13N3O4/c13-6-9-1-2-10(5-12(9)15(17)18)14-3-4-19-8-11(14)7-16/h1-2,5,11,16H,3-4,7-8H2. The third-order valence-electron chi connectivity index (χ3n) is 3.07. The number of nitriles is 1. The Labute approximate surface area is 109 Å². The molecule has 1 aliphatic heterocycles. The fraction of sp³-hybridized carbons (Fsp3) is 0.417. The summed E-state index contributed by atoms with van der Waals surface area (Å²) in [5, 5.41) is 29.1. The van der Waals surface area contributed by atoms with Crippen LogP contribution in [-0.4, -0.2) is 42.4 Å². The number of hydrogen-bond acceptors (Lipinski definition) is 6. The molecule has 1 heterocycles. The zero-order valence-electron chi connectivity index (χ0n) is 10.2. The van der Waals surface area contributed by atoms with E-state index in [0.29, 0.717) is 25.4 Å². The SMILES string of the molecule is N#Cc1ccc(N2CCOCC2CO)cc1[N+](=O)[O-]. The lowest BCUT2D eigenvalue weighted by atomic mass is 10.1. The van der Waals surface area contributed by atoms with Gasteiger partial charge in [0.15, 0.2) is 0 Å². The number of anilines is 1. The van der Waals surface area contributed by atoms with E-state index in [4.69, 9.17) is 10.00 Å². The second-order valence-electron chi connectivity index (χ2n) is 4.18. The van der Waals surface area contributed by atoms with E-state index in [9.17, 15) is 15.2 Å². The van der Waals surface area contributed by atoms with Gasteiger partial charge in [0.2, 0.25) is 0 Å². The molecule has 0 spiro atoms. The van der Waals surface area contributed by atoms with Gasteiger partial charge in [-0.25, -0.2) is 0 Å². The maximum Gasteiger partial charge on any atom is 0.289 e. The molecule has 7 heteroatoms. The monoisotopic (exact) mass is 263 g/mol. The molecule has 0 amide bonds. The van der Waals surface area contributed by atoms with Gasteiger partial charge in [0, 0.05) is 18.3 Å². The summed E-state index contributed by atoms with van der Waals surface area (Å²) in [4.78, 5) is 12.2. The van der Waals surface area contributed by atoms with Crippen molar-refractivity contribution in [2.45, 2.75) is 6.04 Å². The van der Waals surface area contributed by atoms with Gasteiger partial charge in [0.05, 0.1) is 30.8 Å². The maximum absolute atomic E-state index is 10.9. The highest BCUT2D eigenvalue weighted by atomic mass is 16.6. The number of nitro groups is 1. The number of hydrogen-bond donors (Lipinski definition) is 1. The first-order valence-electron chi connectivity index (χ1n) is 5.81. The molecule has 0 bridgehead atoms. The molecule has 1 aromatic carbocycles. The van der Waals surface area contributed by atoms with E-state index in [1.54, 1.807) is 12.1 Å². The lowest BCUT2D eigenvalue weighted by Crippen LogP contribution is -2.47. The summed E-state index contributed by atoms with van der Waals surface area (Å²) < 4.78 is 5.26. The summed E-state index contributed by atoms with van der Waals surface area (Å²) in [6.45, 7) is 1.34. The first-order valence-corrected chi connectivity index (χ1v) is 5.81. The molecule has 2 rings (SSSR count). The fourth-order valence-corrected chi connectivity index (χ4v) is 2.09. The summed E-state index contributed by atoms with van der Waals surface area (Å²) in [5.74, 6) is 0. The molecule has 100 valence electrons. The quantitative estimate of drug-likeness (QED) is 0.635. The molecule has 1 aromatic rings. The Kier molecular flexibility index (Phi) is 3.94. The Hall–Kier alpha value is -2.17. The van der Waals surface area contributed by atoms with Gasteiger partial charge >= 0.3 is 0 Å². The Balaban J connectivity index is 2.37. The van der Waals surface area contributed by atoms with Crippen molar-refractivity contribution >= 4 is 11.4 Å². The Morgan fingerprint density at radius 1 is 1.63 bits per heavy atom. The third kappa shape index (κ3) is 2.65. The minimum Gasteiger partial charge on any atom is -0.394 e. The van der Waals surface area contributed by atoms with Crippen molar-refractivity contribution in [1.29, 1.82) is 5.26 Å². The molecule has 0 aromatic heterocycles. The zero-order valence-corrected chi connectivity index (χ0v) is 10.2. The highest BCUT2D eigenvalue weighted by Crippen LogP contribution is 2.27. The smallest absolute Gasteiger partial charge is 0.289 e. The lowest BCUT2D eigenvalue weighted by molar-refractivity contribution is -0.385. The number of ether oxygens (including phenoxy) is 1. The zero-order chi connectivity index (χ0) is 13.8. The largest absolute Gasteiger partial charge is 0.394 e. The van der Waals surface area contributed by atoms with E-state index < -0.39 is 4.92 Å². The van der Waals surface area contributed by atoms with E-state index in [0.717, 1.165) is 0 Å². The second-order valence-corrected chi connectivity index (χ2v) is 4.18. The molecular weight excluding hydrogens is 250 g/mol. The predicted molar refractivity (Wildman–Crippen MR) is 66.9 cm³/mol. The van der Waals surface area contributed by atoms with Crippen LogP contribution >= 0.6 is 0 Å². The van der Waals surface area contributed by atoms with Gasteiger partial charge in [-0.15, -0.1) is 0 Å². The van der Waals surface area contributed by atoms with Crippen LogP contribution in [0.3, 0.4) is 0 Å². The third-order valence-corrected chi connectivity index (χ3v) is 3.07. The van der Waals surface area contributed by atoms with Gasteiger partial charge in [-0.2, -0.15) is 5.26 Å². The Bertz CT molecular complexity index is 526. The van der Waals surface area contributed by atoms with Gasteiger partial charge in [-0.1, -0.05) is 0 Å². The fourth-order valence-electron chi connectivity index (χ4n) is 2.09. The number of aliphatic hydroxyl groups is 1. The van der Waals surface area contributed by atoms with Crippen LogP contribution in [0.25, 0.3) is 0 Å². The van der Waals surface area contributed by atoms with Crippen molar-refractivity contribution < 1.29 is 14.8 Å². The number of aliphatic hydroxyl groups excluding tert-OH is 1. The maximum atomic E-state index is 10.9. The van der Waals surface area contributed by atoms with Crippen LogP contribution in [-0.2, 0) is 4.74 Å². The summed E-state index contributed by atoms with van der Waals surface area (Å²) in [6.07, 6.45) is 0. The highest BCUT2D eigenvalue weighted by molar-refractivity contribution is 5.60. The topological polar surface area (TPSA) is 99.6 Å². The molecule has 0 saturated carbocycles. The van der Waals surface area contributed by atoms with Crippen LogP contribution in [0.5, 0.6) is 0 Å². The van der Waals surface area contributed by atoms with Crippen LogP contribution in [0.15, 0.2) is 18.2 Å². The van der Waals surface area contributed by atoms with Gasteiger partial charge in [-0.05, 0) is 12.1 Å². The normalized spacial score (nSPS) is 18.9. The van der Waals surface area contributed by atoms with Crippen LogP contribution in [0.1, 0.15) is 5.56 Å². The van der Waals surface area contributed by atoms with Gasteiger partial charge in [0.25, 0.3) is 5.69 Å². The van der Waals surface area contributed by atoms with Crippen LogP contribution in [0, 0.1) is 21.4 Å². The molecule has 0 aliphatic carbocycles. The summed E-state index contributed by atoms with van der Waals surface area (Å²) >= 11 is 0. The minimum absolute atomic E-state index is 0.0301. The molecule has 1 atom stereocenters. The van der Waals surface area contributed by atoms with Crippen molar-refractivity contribution in [3.8, 4) is 6.07 Å². The molecule has 0 radical (unpaired) electrons. The molecule has 1 unspecified atom stereocenters. The average Bonchev–Trinajstić information content (AvgIpc) is 2.46. The van der Waals surface area contributed by atoms with Crippen molar-refractivity contribution in [2.75, 3.05) is 31.3 Å². The number of nitro benzene ring substituents is 1. The Morgan fingerprint density at radius 3 is 3.05 bits per heavy atom. The predicted octanol–water partition coefficient (Wildman–Crippen LogP) is 0.664. The van der Waals surface area contributed by atoms with Crippen LogP contribution in [0.4, 0.5) is 11.4 Å². The van der Waals surface area contributed by atoms with Crippen molar-refractivity contribution in [3.05, 3.63) is 33.9 Å². The van der Waals surface area contributed by atoms with E-state index in [1.165, 1.54) is 12.1 Å². The molecule has 19 heavy (non-hydrogen) atoms. The van der Waals surface area contributed by atoms with E-state index in [1.807, 2.05) is 4.90 Å². The first-order chi connectivity index (χ1) is 9.17. The van der Waals surface area contributed by atoms with Crippen LogP contribution < -0.4 is 4.90 Å². The molecule has 1 aliphatic rings. The van der Waals surface area contributed by atoms with E-state index >= 15 is 0 Å². The Morgan fingerprint density at radius 2 is 2.42 bits per heavy atom. The van der Waals surface area contributed by atoms with E-state index in [-0.39, 0.29) is 23.9 Å². The highest BCUT2D eigenvalue weighted by Gasteiger charge is 2.25. The summed E-state index contributed by atoms with van der Waals surface area (Å²) in [6, 6.07) is 6.02. The van der Waals surface area contributed by atoms with Gasteiger partial charge in [0.1, 0.15) is 11.6 Å². The van der Waals surface area contributed by atoms with Gasteiger partial charge in [-0.3, -0.25) is 10.1 Å². The number of benzene rings is 1. The molecule has 1 N–H and O–H groups in total. The van der Waals surface area contributed by atoms with Crippen molar-refractivity contribution in [2.24, 2.45) is 0 Å². The van der Waals surface area contributed by atoms with Crippen molar-refractivity contribution in [3.63, 3.8) is 0 Å². The van der Waals surface area contributed by atoms with Crippen LogP contribution in [0.2, 0.25) is 0 Å². The second kappa shape index (κ2) is 5.65. The molecule has 1 saturated heterocycles.